The summed E-state index contributed by atoms with van der Waals surface area (Å²) >= 11 is 0. The van der Waals surface area contributed by atoms with Crippen LogP contribution in [0.1, 0.15) is 0 Å². The summed E-state index contributed by atoms with van der Waals surface area (Å²) in [4.78, 5) is 6.94. The normalized spacial score (nSPS) is 17.1. The number of aromatic nitrogens is 3. The first-order valence-corrected chi connectivity index (χ1v) is 6.39. The van der Waals surface area contributed by atoms with Crippen LogP contribution in [0.2, 0.25) is 0 Å². The number of fused-ring (bicyclic) bond motifs is 1. The van der Waals surface area contributed by atoms with Gasteiger partial charge >= 0.3 is 0 Å². The van der Waals surface area contributed by atoms with Crippen molar-refractivity contribution in [3.8, 4) is 0 Å². The molecule has 0 bridgehead atoms. The molecule has 6 nitrogen and oxygen atoms in total. The van der Waals surface area contributed by atoms with Crippen molar-refractivity contribution >= 4 is 11.5 Å². The number of piperazine rings is 1. The predicted molar refractivity (Wildman–Crippen MR) is 70.8 cm³/mol. The van der Waals surface area contributed by atoms with E-state index in [1.165, 1.54) is 0 Å². The highest BCUT2D eigenvalue weighted by Gasteiger charge is 2.08. The first-order valence-electron chi connectivity index (χ1n) is 6.39. The van der Waals surface area contributed by atoms with Gasteiger partial charge in [-0.05, 0) is 6.07 Å². The Morgan fingerprint density at radius 1 is 1.28 bits per heavy atom. The average molecular weight is 246 g/mol. The summed E-state index contributed by atoms with van der Waals surface area (Å²) in [6.07, 6.45) is 3.68. The highest BCUT2D eigenvalue weighted by Crippen LogP contribution is 2.05. The lowest BCUT2D eigenvalue weighted by Crippen LogP contribution is -2.45. The minimum atomic E-state index is 0.877. The molecule has 1 saturated heterocycles. The highest BCUT2D eigenvalue weighted by atomic mass is 15.2. The number of nitrogens with one attached hydrogen (secondary N) is 2. The molecule has 3 heterocycles. The minimum absolute atomic E-state index is 0.877. The van der Waals surface area contributed by atoms with Gasteiger partial charge in [0.15, 0.2) is 5.65 Å². The van der Waals surface area contributed by atoms with Crippen LogP contribution in [0.15, 0.2) is 24.5 Å². The van der Waals surface area contributed by atoms with E-state index in [4.69, 9.17) is 0 Å². The Hall–Kier alpha value is -1.66. The first kappa shape index (κ1) is 11.4. The molecule has 0 aliphatic carbocycles. The van der Waals surface area contributed by atoms with E-state index in [-0.39, 0.29) is 0 Å². The van der Waals surface area contributed by atoms with Crippen molar-refractivity contribution in [1.82, 2.24) is 24.8 Å². The summed E-state index contributed by atoms with van der Waals surface area (Å²) in [5, 5.41) is 10.8. The molecule has 0 atom stereocenters. The highest BCUT2D eigenvalue weighted by molar-refractivity contribution is 5.45. The first-order chi connectivity index (χ1) is 8.92. The van der Waals surface area contributed by atoms with Crippen LogP contribution in [0.4, 0.5) is 5.82 Å². The lowest BCUT2D eigenvalue weighted by Gasteiger charge is -2.27. The fraction of sp³-hybridized carbons (Fsp3) is 0.500. The van der Waals surface area contributed by atoms with Crippen molar-refractivity contribution in [2.45, 2.75) is 0 Å². The molecule has 18 heavy (non-hydrogen) atoms. The third-order valence-corrected chi connectivity index (χ3v) is 3.20. The summed E-state index contributed by atoms with van der Waals surface area (Å²) in [5.41, 5.74) is 0.877. The van der Waals surface area contributed by atoms with Gasteiger partial charge in [-0.2, -0.15) is 5.10 Å². The van der Waals surface area contributed by atoms with E-state index in [2.05, 4.69) is 25.6 Å². The van der Waals surface area contributed by atoms with Crippen molar-refractivity contribution in [2.24, 2.45) is 0 Å². The topological polar surface area (TPSA) is 57.5 Å². The van der Waals surface area contributed by atoms with Crippen LogP contribution < -0.4 is 10.6 Å². The summed E-state index contributed by atoms with van der Waals surface area (Å²) in [5.74, 6) is 0.915. The fourth-order valence-corrected chi connectivity index (χ4v) is 2.19. The maximum absolute atomic E-state index is 4.48. The lowest BCUT2D eigenvalue weighted by atomic mass is 10.3. The maximum Gasteiger partial charge on any atom is 0.157 e. The van der Waals surface area contributed by atoms with Gasteiger partial charge in [-0.25, -0.2) is 9.50 Å². The van der Waals surface area contributed by atoms with Crippen molar-refractivity contribution < 1.29 is 0 Å². The predicted octanol–water partition coefficient (Wildman–Crippen LogP) is 0.0464. The Kier molecular flexibility index (Phi) is 3.38. The molecule has 0 radical (unpaired) electrons. The molecule has 2 aromatic rings. The van der Waals surface area contributed by atoms with Crippen molar-refractivity contribution in [3.63, 3.8) is 0 Å². The molecular formula is C12H18N6. The monoisotopic (exact) mass is 246 g/mol. The Labute approximate surface area is 106 Å². The summed E-state index contributed by atoms with van der Waals surface area (Å²) in [6, 6.07) is 3.86. The van der Waals surface area contributed by atoms with Gasteiger partial charge in [0.2, 0.25) is 0 Å². The molecule has 96 valence electrons. The maximum atomic E-state index is 4.48. The zero-order valence-corrected chi connectivity index (χ0v) is 10.3. The van der Waals surface area contributed by atoms with E-state index in [9.17, 15) is 0 Å². The third-order valence-electron chi connectivity index (χ3n) is 3.20. The molecule has 0 aromatic carbocycles. The van der Waals surface area contributed by atoms with E-state index in [1.54, 1.807) is 10.7 Å². The van der Waals surface area contributed by atoms with Crippen LogP contribution in [0.5, 0.6) is 0 Å². The van der Waals surface area contributed by atoms with E-state index in [1.807, 2.05) is 18.3 Å². The molecule has 2 aromatic heterocycles. The second kappa shape index (κ2) is 5.32. The van der Waals surface area contributed by atoms with Crippen LogP contribution >= 0.6 is 0 Å². The van der Waals surface area contributed by atoms with Crippen LogP contribution in [0.3, 0.4) is 0 Å². The van der Waals surface area contributed by atoms with Crippen molar-refractivity contribution in [3.05, 3.63) is 24.5 Å². The van der Waals surface area contributed by atoms with Crippen molar-refractivity contribution in [1.29, 1.82) is 0 Å². The van der Waals surface area contributed by atoms with Crippen LogP contribution in [0, 0.1) is 0 Å². The zero-order chi connectivity index (χ0) is 12.2. The summed E-state index contributed by atoms with van der Waals surface area (Å²) < 4.78 is 1.77. The number of hydrogen-bond donors (Lipinski definition) is 2. The summed E-state index contributed by atoms with van der Waals surface area (Å²) in [7, 11) is 0. The van der Waals surface area contributed by atoms with Crippen LogP contribution in [-0.4, -0.2) is 58.8 Å². The molecule has 0 amide bonds. The zero-order valence-electron chi connectivity index (χ0n) is 10.3. The fourth-order valence-electron chi connectivity index (χ4n) is 2.19. The van der Waals surface area contributed by atoms with Crippen molar-refractivity contribution in [2.75, 3.05) is 44.6 Å². The van der Waals surface area contributed by atoms with Gasteiger partial charge in [-0.3, -0.25) is 4.90 Å². The molecule has 1 aliphatic heterocycles. The van der Waals surface area contributed by atoms with Gasteiger partial charge < -0.3 is 10.6 Å². The van der Waals surface area contributed by atoms with Gasteiger partial charge in [-0.15, -0.1) is 0 Å². The summed E-state index contributed by atoms with van der Waals surface area (Å²) in [6.45, 7) is 6.46. The molecule has 0 saturated carbocycles. The molecule has 1 fully saturated rings. The second-order valence-corrected chi connectivity index (χ2v) is 4.47. The van der Waals surface area contributed by atoms with Gasteiger partial charge in [0, 0.05) is 51.5 Å². The van der Waals surface area contributed by atoms with Gasteiger partial charge in [0.1, 0.15) is 5.82 Å². The average Bonchev–Trinajstić information content (AvgIpc) is 2.87. The Morgan fingerprint density at radius 2 is 2.17 bits per heavy atom. The van der Waals surface area contributed by atoms with E-state index in [0.29, 0.717) is 0 Å². The molecule has 6 heteroatoms. The molecule has 3 rings (SSSR count). The molecule has 0 spiro atoms. The van der Waals surface area contributed by atoms with Gasteiger partial charge in [0.05, 0.1) is 6.20 Å². The Morgan fingerprint density at radius 3 is 3.06 bits per heavy atom. The van der Waals surface area contributed by atoms with E-state index in [0.717, 1.165) is 50.7 Å². The van der Waals surface area contributed by atoms with Crippen LogP contribution in [0.25, 0.3) is 5.65 Å². The molecule has 2 N–H and O–H groups in total. The molecule has 1 aliphatic rings. The molecule has 0 unspecified atom stereocenters. The van der Waals surface area contributed by atoms with E-state index < -0.39 is 0 Å². The minimum Gasteiger partial charge on any atom is -0.369 e. The quantitative estimate of drug-likeness (QED) is 0.798. The smallest absolute Gasteiger partial charge is 0.157 e. The number of nitrogens with zero attached hydrogens (tertiary/aromatic N) is 4. The molecular weight excluding hydrogens is 228 g/mol. The Bertz CT molecular complexity index is 502. The number of rotatable bonds is 4. The van der Waals surface area contributed by atoms with E-state index >= 15 is 0 Å². The number of hydrogen-bond acceptors (Lipinski definition) is 5. The third kappa shape index (κ3) is 2.60. The number of anilines is 1. The second-order valence-electron chi connectivity index (χ2n) is 4.47. The largest absolute Gasteiger partial charge is 0.369 e. The van der Waals surface area contributed by atoms with Gasteiger partial charge in [-0.1, -0.05) is 0 Å². The van der Waals surface area contributed by atoms with Gasteiger partial charge in [0.25, 0.3) is 0 Å². The van der Waals surface area contributed by atoms with Crippen LogP contribution in [-0.2, 0) is 0 Å². The standard InChI is InChI=1S/C12H18N6/c1-3-15-18-7-2-11(16-12(1)18)14-6-10-17-8-4-13-5-9-17/h1-3,7,13H,4-6,8-10H2,(H,14,16). The SMILES string of the molecule is c1cc2nc(NCCN3CCNCC3)ccn2n1. The lowest BCUT2D eigenvalue weighted by molar-refractivity contribution is 0.249. The Balaban J connectivity index is 1.52.